The molecule has 1 fully saturated rings. The van der Waals surface area contributed by atoms with Gasteiger partial charge in [-0.2, -0.15) is 0 Å². The van der Waals surface area contributed by atoms with Crippen molar-refractivity contribution in [3.05, 3.63) is 71.3 Å². The van der Waals surface area contributed by atoms with E-state index in [0.29, 0.717) is 11.1 Å². The van der Waals surface area contributed by atoms with Gasteiger partial charge in [-0.3, -0.25) is 19.3 Å². The third-order valence-corrected chi connectivity index (χ3v) is 5.51. The Labute approximate surface area is 169 Å². The smallest absolute Gasteiger partial charge is 0.304 e. The van der Waals surface area contributed by atoms with Crippen LogP contribution in [-0.4, -0.2) is 40.4 Å². The topological polar surface area (TPSA) is 66.9 Å². The van der Waals surface area contributed by atoms with E-state index in [4.69, 9.17) is 11.2 Å². The summed E-state index contributed by atoms with van der Waals surface area (Å²) in [6, 6.07) is 16.7. The maximum atomic E-state index is 13.4. The highest BCUT2D eigenvalue weighted by molar-refractivity contribution is 6.02. The van der Waals surface area contributed by atoms with Crippen LogP contribution in [0.15, 0.2) is 54.6 Å². The SMILES string of the molecule is C#CCN1C(=O)CC2(c3ccccc3C(=O)N2Cc2ccccc2)C1OC(C)=O. The molecule has 0 bridgehead atoms. The molecule has 0 N–H and O–H groups in total. The molecule has 29 heavy (non-hydrogen) atoms. The summed E-state index contributed by atoms with van der Waals surface area (Å²) in [7, 11) is 0. The van der Waals surface area contributed by atoms with Crippen LogP contribution in [0.5, 0.6) is 0 Å². The first-order valence-electron chi connectivity index (χ1n) is 9.34. The molecule has 2 aliphatic heterocycles. The van der Waals surface area contributed by atoms with Crippen molar-refractivity contribution in [2.24, 2.45) is 0 Å². The van der Waals surface area contributed by atoms with Crippen LogP contribution in [0.25, 0.3) is 0 Å². The minimum absolute atomic E-state index is 0.00220. The molecular formula is C23H20N2O4. The van der Waals surface area contributed by atoms with E-state index in [-0.39, 0.29) is 31.3 Å². The summed E-state index contributed by atoms with van der Waals surface area (Å²) in [6.45, 7) is 1.56. The van der Waals surface area contributed by atoms with Crippen LogP contribution < -0.4 is 0 Å². The Morgan fingerprint density at radius 1 is 1.17 bits per heavy atom. The van der Waals surface area contributed by atoms with Gasteiger partial charge < -0.3 is 9.64 Å². The van der Waals surface area contributed by atoms with E-state index >= 15 is 0 Å². The Balaban J connectivity index is 1.89. The molecule has 6 heteroatoms. The van der Waals surface area contributed by atoms with Gasteiger partial charge >= 0.3 is 5.97 Å². The van der Waals surface area contributed by atoms with Gasteiger partial charge in [0.05, 0.1) is 13.0 Å². The van der Waals surface area contributed by atoms with Crippen molar-refractivity contribution in [3.63, 3.8) is 0 Å². The Morgan fingerprint density at radius 2 is 1.86 bits per heavy atom. The molecule has 2 aliphatic rings. The quantitative estimate of drug-likeness (QED) is 0.595. The molecule has 2 aromatic carbocycles. The zero-order valence-electron chi connectivity index (χ0n) is 16.0. The third-order valence-electron chi connectivity index (χ3n) is 5.51. The van der Waals surface area contributed by atoms with Crippen molar-refractivity contribution in [1.82, 2.24) is 9.80 Å². The van der Waals surface area contributed by atoms with Crippen LogP contribution in [0, 0.1) is 12.3 Å². The number of likely N-dealkylation sites (tertiary alicyclic amines) is 1. The summed E-state index contributed by atoms with van der Waals surface area (Å²) >= 11 is 0. The molecule has 2 unspecified atom stereocenters. The lowest BCUT2D eigenvalue weighted by molar-refractivity contribution is -0.166. The summed E-state index contributed by atoms with van der Waals surface area (Å²) in [6.07, 6.45) is 4.48. The fraction of sp³-hybridized carbons (Fsp3) is 0.261. The minimum atomic E-state index is -1.12. The van der Waals surface area contributed by atoms with Gasteiger partial charge in [0.15, 0.2) is 0 Å². The maximum Gasteiger partial charge on any atom is 0.304 e. The number of carbonyl (C=O) groups is 3. The summed E-state index contributed by atoms with van der Waals surface area (Å²) in [5.41, 5.74) is 0.983. The Morgan fingerprint density at radius 3 is 2.55 bits per heavy atom. The molecule has 0 aromatic heterocycles. The van der Waals surface area contributed by atoms with Crippen LogP contribution >= 0.6 is 0 Å². The lowest BCUT2D eigenvalue weighted by atomic mass is 9.86. The van der Waals surface area contributed by atoms with Gasteiger partial charge in [-0.1, -0.05) is 54.5 Å². The van der Waals surface area contributed by atoms with Gasteiger partial charge in [-0.15, -0.1) is 6.42 Å². The fourth-order valence-corrected chi connectivity index (χ4v) is 4.35. The molecule has 0 aliphatic carbocycles. The summed E-state index contributed by atoms with van der Waals surface area (Å²) in [5, 5.41) is 0. The average molecular weight is 388 g/mol. The molecule has 0 radical (unpaired) electrons. The standard InChI is InChI=1S/C23H20N2O4/c1-3-13-24-20(27)14-23(22(24)29-16(2)26)19-12-8-7-11-18(19)21(28)25(23)15-17-9-5-4-6-10-17/h1,4-12,22H,13-15H2,2H3. The van der Waals surface area contributed by atoms with E-state index in [2.05, 4.69) is 5.92 Å². The molecule has 4 rings (SSSR count). The van der Waals surface area contributed by atoms with Gasteiger partial charge in [0.2, 0.25) is 12.1 Å². The van der Waals surface area contributed by atoms with E-state index < -0.39 is 17.7 Å². The second-order valence-electron chi connectivity index (χ2n) is 7.21. The predicted molar refractivity (Wildman–Crippen MR) is 105 cm³/mol. The zero-order chi connectivity index (χ0) is 20.6. The van der Waals surface area contributed by atoms with Crippen molar-refractivity contribution >= 4 is 17.8 Å². The van der Waals surface area contributed by atoms with Crippen molar-refractivity contribution in [2.75, 3.05) is 6.54 Å². The highest BCUT2D eigenvalue weighted by Gasteiger charge is 2.63. The number of amides is 2. The largest absolute Gasteiger partial charge is 0.439 e. The fourth-order valence-electron chi connectivity index (χ4n) is 4.35. The van der Waals surface area contributed by atoms with Crippen molar-refractivity contribution < 1.29 is 19.1 Å². The van der Waals surface area contributed by atoms with E-state index in [0.717, 1.165) is 5.56 Å². The predicted octanol–water partition coefficient (Wildman–Crippen LogP) is 2.29. The number of terminal acetylenes is 1. The molecule has 1 spiro atoms. The number of rotatable bonds is 4. The van der Waals surface area contributed by atoms with Gasteiger partial charge in [-0.05, 0) is 17.2 Å². The Kier molecular flexibility index (Phi) is 4.59. The number of esters is 1. The number of carbonyl (C=O) groups excluding carboxylic acids is 3. The highest BCUT2D eigenvalue weighted by atomic mass is 16.6. The molecule has 1 saturated heterocycles. The lowest BCUT2D eigenvalue weighted by Gasteiger charge is -2.40. The van der Waals surface area contributed by atoms with Gasteiger partial charge in [0.1, 0.15) is 5.54 Å². The molecule has 146 valence electrons. The number of hydrogen-bond donors (Lipinski definition) is 0. The molecule has 0 saturated carbocycles. The van der Waals surface area contributed by atoms with Crippen LogP contribution in [0.2, 0.25) is 0 Å². The third kappa shape index (κ3) is 2.87. The monoisotopic (exact) mass is 388 g/mol. The molecule has 2 atom stereocenters. The molecule has 2 amide bonds. The number of fused-ring (bicyclic) bond motifs is 2. The first-order valence-corrected chi connectivity index (χ1v) is 9.34. The van der Waals surface area contributed by atoms with Crippen LogP contribution in [-0.2, 0) is 26.4 Å². The second kappa shape index (κ2) is 7.10. The van der Waals surface area contributed by atoms with Crippen LogP contribution in [0.4, 0.5) is 0 Å². The van der Waals surface area contributed by atoms with Gasteiger partial charge in [-0.25, -0.2) is 0 Å². The molecule has 6 nitrogen and oxygen atoms in total. The molecule has 2 heterocycles. The van der Waals surface area contributed by atoms with E-state index in [1.165, 1.54) is 11.8 Å². The van der Waals surface area contributed by atoms with Crippen molar-refractivity contribution in [3.8, 4) is 12.3 Å². The van der Waals surface area contributed by atoms with Crippen molar-refractivity contribution in [1.29, 1.82) is 0 Å². The molecule has 2 aromatic rings. The Bertz CT molecular complexity index is 1030. The number of benzene rings is 2. The Hall–Kier alpha value is -3.59. The normalized spacial score (nSPS) is 22.7. The second-order valence-corrected chi connectivity index (χ2v) is 7.21. The number of hydrogen-bond acceptors (Lipinski definition) is 4. The van der Waals surface area contributed by atoms with Crippen LogP contribution in [0.3, 0.4) is 0 Å². The van der Waals surface area contributed by atoms with Gasteiger partial charge in [0.25, 0.3) is 5.91 Å². The van der Waals surface area contributed by atoms with E-state index in [1.807, 2.05) is 42.5 Å². The highest BCUT2D eigenvalue weighted by Crippen LogP contribution is 2.50. The van der Waals surface area contributed by atoms with Gasteiger partial charge in [0, 0.05) is 19.0 Å². The number of ether oxygens (including phenoxy) is 1. The summed E-state index contributed by atoms with van der Waals surface area (Å²) in [4.78, 5) is 41.3. The van der Waals surface area contributed by atoms with Crippen molar-refractivity contribution in [2.45, 2.75) is 31.7 Å². The molecular weight excluding hydrogens is 368 g/mol. The average Bonchev–Trinajstić information content (AvgIpc) is 3.11. The zero-order valence-corrected chi connectivity index (χ0v) is 16.0. The summed E-state index contributed by atoms with van der Waals surface area (Å²) < 4.78 is 5.63. The van der Waals surface area contributed by atoms with Crippen LogP contribution in [0.1, 0.15) is 34.8 Å². The lowest BCUT2D eigenvalue weighted by Crippen LogP contribution is -2.54. The minimum Gasteiger partial charge on any atom is -0.439 e. The van der Waals surface area contributed by atoms with E-state index in [1.54, 1.807) is 17.0 Å². The first kappa shape index (κ1) is 18.8. The summed E-state index contributed by atoms with van der Waals surface area (Å²) in [5.74, 6) is 1.47. The maximum absolute atomic E-state index is 13.4. The number of nitrogens with zero attached hydrogens (tertiary/aromatic N) is 2. The first-order chi connectivity index (χ1) is 14.0. The van der Waals surface area contributed by atoms with E-state index in [9.17, 15) is 14.4 Å².